The van der Waals surface area contributed by atoms with Gasteiger partial charge in [-0.2, -0.15) is 0 Å². The molecule has 0 bridgehead atoms. The largest absolute Gasteiger partial charge is 0.352 e. The second-order valence-corrected chi connectivity index (χ2v) is 5.69. The van der Waals surface area contributed by atoms with Gasteiger partial charge in [-0.1, -0.05) is 35.9 Å². The summed E-state index contributed by atoms with van der Waals surface area (Å²) in [5.41, 5.74) is 4.55. The van der Waals surface area contributed by atoms with Crippen molar-refractivity contribution >= 4 is 17.5 Å². The molecule has 0 radical (unpaired) electrons. The normalized spacial score (nSPS) is 10.2. The molecule has 0 spiro atoms. The zero-order valence-electron chi connectivity index (χ0n) is 13.8. The van der Waals surface area contributed by atoms with Crippen LogP contribution in [0.5, 0.6) is 0 Å². The number of hydrogen-bond acceptors (Lipinski definition) is 2. The fraction of sp³-hybridized carbons (Fsp3) is 0.263. The van der Waals surface area contributed by atoms with Gasteiger partial charge in [0.15, 0.2) is 0 Å². The first kappa shape index (κ1) is 16.7. The van der Waals surface area contributed by atoms with Crippen LogP contribution in [0.2, 0.25) is 0 Å². The van der Waals surface area contributed by atoms with Crippen LogP contribution in [0.1, 0.15) is 33.5 Å². The van der Waals surface area contributed by atoms with E-state index in [0.717, 1.165) is 22.4 Å². The highest BCUT2D eigenvalue weighted by molar-refractivity contribution is 5.95. The fourth-order valence-electron chi connectivity index (χ4n) is 2.39. The Balaban J connectivity index is 1.84. The topological polar surface area (TPSA) is 58.2 Å². The highest BCUT2D eigenvalue weighted by atomic mass is 16.2. The number of aryl methyl sites for hydroxylation is 3. The molecule has 0 aliphatic carbocycles. The van der Waals surface area contributed by atoms with Crippen molar-refractivity contribution in [2.24, 2.45) is 0 Å². The molecule has 0 aliphatic rings. The first-order valence-electron chi connectivity index (χ1n) is 7.68. The summed E-state index contributed by atoms with van der Waals surface area (Å²) < 4.78 is 0. The Kier molecular flexibility index (Phi) is 5.52. The van der Waals surface area contributed by atoms with Crippen LogP contribution >= 0.6 is 0 Å². The zero-order valence-corrected chi connectivity index (χ0v) is 13.8. The van der Waals surface area contributed by atoms with E-state index in [2.05, 4.69) is 10.6 Å². The minimum atomic E-state index is -0.159. The maximum absolute atomic E-state index is 12.0. The molecule has 2 aromatic rings. The summed E-state index contributed by atoms with van der Waals surface area (Å²) in [6.45, 7) is 6.17. The van der Waals surface area contributed by atoms with Crippen LogP contribution in [0.15, 0.2) is 42.5 Å². The van der Waals surface area contributed by atoms with Crippen molar-refractivity contribution in [2.75, 3.05) is 11.9 Å². The molecule has 4 nitrogen and oxygen atoms in total. The smallest absolute Gasteiger partial charge is 0.251 e. The van der Waals surface area contributed by atoms with E-state index in [1.165, 1.54) is 0 Å². The van der Waals surface area contributed by atoms with Gasteiger partial charge in [0, 0.05) is 24.2 Å². The highest BCUT2D eigenvalue weighted by Gasteiger charge is 2.09. The summed E-state index contributed by atoms with van der Waals surface area (Å²) in [4.78, 5) is 24.0. The third-order valence-electron chi connectivity index (χ3n) is 3.66. The van der Waals surface area contributed by atoms with E-state index in [-0.39, 0.29) is 18.2 Å². The third kappa shape index (κ3) is 4.68. The van der Waals surface area contributed by atoms with Gasteiger partial charge in [0.25, 0.3) is 5.91 Å². The Morgan fingerprint density at radius 3 is 2.26 bits per heavy atom. The zero-order chi connectivity index (χ0) is 16.8. The molecule has 0 aliphatic heterocycles. The van der Waals surface area contributed by atoms with Crippen molar-refractivity contribution in [1.29, 1.82) is 0 Å². The minimum Gasteiger partial charge on any atom is -0.352 e. The van der Waals surface area contributed by atoms with E-state index < -0.39 is 0 Å². The molecular weight excluding hydrogens is 288 g/mol. The minimum absolute atomic E-state index is 0.105. The number of benzene rings is 2. The Hall–Kier alpha value is -2.62. The number of carbonyl (C=O) groups excluding carboxylic acids is 2. The van der Waals surface area contributed by atoms with E-state index in [0.29, 0.717) is 12.1 Å². The van der Waals surface area contributed by atoms with Crippen LogP contribution in [-0.4, -0.2) is 18.4 Å². The fourth-order valence-corrected chi connectivity index (χ4v) is 2.39. The van der Waals surface area contributed by atoms with Crippen molar-refractivity contribution in [3.63, 3.8) is 0 Å². The van der Waals surface area contributed by atoms with Gasteiger partial charge < -0.3 is 10.6 Å². The van der Waals surface area contributed by atoms with Gasteiger partial charge in [-0.15, -0.1) is 0 Å². The molecule has 4 heteroatoms. The second kappa shape index (κ2) is 7.58. The molecule has 0 unspecified atom stereocenters. The molecule has 0 saturated heterocycles. The Bertz CT molecular complexity index is 703. The first-order chi connectivity index (χ1) is 11.0. The molecule has 120 valence electrons. The number of rotatable bonds is 5. The Morgan fingerprint density at radius 1 is 0.957 bits per heavy atom. The molecule has 2 rings (SSSR count). The number of carbonyl (C=O) groups is 2. The third-order valence-corrected chi connectivity index (χ3v) is 3.66. The average molecular weight is 310 g/mol. The lowest BCUT2D eigenvalue weighted by atomic mass is 10.1. The standard InChI is InChI=1S/C19H22N2O2/c1-13-6-4-9-16(12-13)19(23)20-11-10-17(22)21-18-14(2)7-5-8-15(18)3/h4-9,12H,10-11H2,1-3H3,(H,20,23)(H,21,22). The predicted octanol–water partition coefficient (Wildman–Crippen LogP) is 3.37. The van der Waals surface area contributed by atoms with E-state index in [9.17, 15) is 9.59 Å². The van der Waals surface area contributed by atoms with Crippen molar-refractivity contribution in [1.82, 2.24) is 5.32 Å². The SMILES string of the molecule is Cc1cccc(C(=O)NCCC(=O)Nc2c(C)cccc2C)c1. The van der Waals surface area contributed by atoms with Gasteiger partial charge in [-0.3, -0.25) is 9.59 Å². The van der Waals surface area contributed by atoms with Crippen LogP contribution in [-0.2, 0) is 4.79 Å². The van der Waals surface area contributed by atoms with Crippen LogP contribution < -0.4 is 10.6 Å². The summed E-state index contributed by atoms with van der Waals surface area (Å²) in [6, 6.07) is 13.3. The first-order valence-corrected chi connectivity index (χ1v) is 7.68. The number of nitrogens with one attached hydrogen (secondary N) is 2. The second-order valence-electron chi connectivity index (χ2n) is 5.69. The summed E-state index contributed by atoms with van der Waals surface area (Å²) in [7, 11) is 0. The van der Waals surface area contributed by atoms with Crippen LogP contribution in [0.3, 0.4) is 0 Å². The molecule has 23 heavy (non-hydrogen) atoms. The molecule has 2 amide bonds. The Morgan fingerprint density at radius 2 is 1.61 bits per heavy atom. The van der Waals surface area contributed by atoms with Gasteiger partial charge in [0.05, 0.1) is 0 Å². The van der Waals surface area contributed by atoms with Crippen LogP contribution in [0.25, 0.3) is 0 Å². The van der Waals surface area contributed by atoms with Gasteiger partial charge in [0.2, 0.25) is 5.91 Å². The average Bonchev–Trinajstić information content (AvgIpc) is 2.51. The van der Waals surface area contributed by atoms with E-state index >= 15 is 0 Å². The lowest BCUT2D eigenvalue weighted by Crippen LogP contribution is -2.27. The van der Waals surface area contributed by atoms with E-state index in [1.807, 2.05) is 57.2 Å². The molecule has 0 atom stereocenters. The summed E-state index contributed by atoms with van der Waals surface area (Å²) in [6.07, 6.45) is 0.241. The number of amides is 2. The van der Waals surface area contributed by atoms with Gasteiger partial charge in [-0.25, -0.2) is 0 Å². The molecule has 0 heterocycles. The summed E-state index contributed by atoms with van der Waals surface area (Å²) >= 11 is 0. The quantitative estimate of drug-likeness (QED) is 0.889. The molecule has 2 aromatic carbocycles. The van der Waals surface area contributed by atoms with Crippen LogP contribution in [0.4, 0.5) is 5.69 Å². The number of hydrogen-bond donors (Lipinski definition) is 2. The highest BCUT2D eigenvalue weighted by Crippen LogP contribution is 2.19. The maximum Gasteiger partial charge on any atom is 0.251 e. The lowest BCUT2D eigenvalue weighted by molar-refractivity contribution is -0.116. The molecule has 0 aromatic heterocycles. The predicted molar refractivity (Wildman–Crippen MR) is 92.7 cm³/mol. The number of anilines is 1. The van der Waals surface area contributed by atoms with Crippen molar-refractivity contribution < 1.29 is 9.59 Å². The lowest BCUT2D eigenvalue weighted by Gasteiger charge is -2.11. The van der Waals surface area contributed by atoms with Gasteiger partial charge in [0.1, 0.15) is 0 Å². The van der Waals surface area contributed by atoms with Crippen molar-refractivity contribution in [3.8, 4) is 0 Å². The van der Waals surface area contributed by atoms with E-state index in [4.69, 9.17) is 0 Å². The van der Waals surface area contributed by atoms with E-state index in [1.54, 1.807) is 6.07 Å². The molecule has 0 fully saturated rings. The number of para-hydroxylation sites is 1. The summed E-state index contributed by atoms with van der Waals surface area (Å²) in [5.74, 6) is -0.263. The monoisotopic (exact) mass is 310 g/mol. The molecular formula is C19H22N2O2. The Labute approximate surface area is 136 Å². The molecule has 2 N–H and O–H groups in total. The molecule has 0 saturated carbocycles. The van der Waals surface area contributed by atoms with Gasteiger partial charge >= 0.3 is 0 Å². The van der Waals surface area contributed by atoms with Gasteiger partial charge in [-0.05, 0) is 44.0 Å². The van der Waals surface area contributed by atoms with Crippen molar-refractivity contribution in [2.45, 2.75) is 27.2 Å². The maximum atomic E-state index is 12.0. The van der Waals surface area contributed by atoms with Crippen molar-refractivity contribution in [3.05, 3.63) is 64.7 Å². The van der Waals surface area contributed by atoms with Crippen LogP contribution in [0, 0.1) is 20.8 Å². The summed E-state index contributed by atoms with van der Waals surface area (Å²) in [5, 5.41) is 5.68.